The maximum absolute atomic E-state index is 4.91. The number of thioether (sulfide) groups is 1. The number of aromatic nitrogens is 1. The number of nitrogens with zero attached hydrogens (tertiary/aromatic N) is 2. The van der Waals surface area contributed by atoms with Crippen molar-refractivity contribution in [3.63, 3.8) is 0 Å². The molecule has 1 heterocycles. The molecule has 0 aliphatic heterocycles. The first-order valence-electron chi connectivity index (χ1n) is 3.09. The summed E-state index contributed by atoms with van der Waals surface area (Å²) in [5, 5.41) is 4.09. The minimum atomic E-state index is 0.640. The van der Waals surface area contributed by atoms with E-state index in [4.69, 9.17) is 12.6 Å². The second-order valence-electron chi connectivity index (χ2n) is 1.83. The molecule has 11 heavy (non-hydrogen) atoms. The molecule has 4 heteroatoms. The quantitative estimate of drug-likeness (QED) is 0.280. The van der Waals surface area contributed by atoms with Crippen LogP contribution in [0.4, 0.5) is 0 Å². The first-order valence-corrected chi connectivity index (χ1v) is 4.72. The van der Waals surface area contributed by atoms with Gasteiger partial charge in [-0.3, -0.25) is 0 Å². The average molecular weight is 184 g/mol. The lowest BCUT2D eigenvalue weighted by Gasteiger charge is -1.99. The van der Waals surface area contributed by atoms with E-state index in [-0.39, 0.29) is 0 Å². The van der Waals surface area contributed by atoms with Crippen LogP contribution in [0.15, 0.2) is 35.7 Å². The fourth-order valence-electron chi connectivity index (χ4n) is 0.591. The molecule has 1 aromatic heterocycles. The van der Waals surface area contributed by atoms with Gasteiger partial charge < -0.3 is 12.6 Å². The zero-order chi connectivity index (χ0) is 8.10. The summed E-state index contributed by atoms with van der Waals surface area (Å²) in [6.07, 6.45) is 5.61. The largest absolute Gasteiger partial charge is 0.748 e. The van der Waals surface area contributed by atoms with Gasteiger partial charge in [0.1, 0.15) is 0 Å². The highest BCUT2D eigenvalue weighted by molar-refractivity contribution is 8.26. The van der Waals surface area contributed by atoms with E-state index < -0.39 is 0 Å². The van der Waals surface area contributed by atoms with E-state index in [1.165, 1.54) is 11.8 Å². The van der Waals surface area contributed by atoms with Crippen LogP contribution >= 0.6 is 11.8 Å². The van der Waals surface area contributed by atoms with E-state index in [1.54, 1.807) is 4.68 Å². The van der Waals surface area contributed by atoms with Crippen molar-refractivity contribution < 1.29 is 4.68 Å². The molecule has 0 aromatic carbocycles. The fraction of sp³-hybridized carbons (Fsp3) is 0.143. The smallest absolute Gasteiger partial charge is 0.202 e. The Bertz CT molecular complexity index is 246. The molecule has 0 saturated carbocycles. The van der Waals surface area contributed by atoms with Gasteiger partial charge in [-0.2, -0.15) is 0 Å². The molecule has 0 amide bonds. The first-order chi connectivity index (χ1) is 5.33. The van der Waals surface area contributed by atoms with Gasteiger partial charge >= 0.3 is 0 Å². The van der Waals surface area contributed by atoms with E-state index in [0.717, 1.165) is 0 Å². The molecule has 1 aromatic rings. The van der Waals surface area contributed by atoms with Crippen LogP contribution in [0.2, 0.25) is 0 Å². The summed E-state index contributed by atoms with van der Waals surface area (Å²) >= 11 is 6.38. The number of pyridine rings is 1. The van der Waals surface area contributed by atoms with Crippen molar-refractivity contribution in [2.45, 2.75) is 0 Å². The molecular weight excluding hydrogens is 176 g/mol. The highest BCUT2D eigenvalue weighted by Gasteiger charge is 1.90. The van der Waals surface area contributed by atoms with E-state index in [9.17, 15) is 0 Å². The Hall–Kier alpha value is -0.610. The number of rotatable bonds is 1. The van der Waals surface area contributed by atoms with Gasteiger partial charge in [0.15, 0.2) is 0 Å². The molecule has 0 radical (unpaired) electrons. The highest BCUT2D eigenvalue weighted by atomic mass is 32.2. The summed E-state index contributed by atoms with van der Waals surface area (Å²) in [7, 11) is 0. The predicted molar refractivity (Wildman–Crippen MR) is 50.4 cm³/mol. The molecule has 0 unspecified atom stereocenters. The Kier molecular flexibility index (Phi) is 3.32. The van der Waals surface area contributed by atoms with Crippen LogP contribution < -0.4 is 4.68 Å². The molecule has 58 valence electrons. The van der Waals surface area contributed by atoms with Crippen molar-refractivity contribution in [1.29, 1.82) is 0 Å². The highest BCUT2D eigenvalue weighted by Crippen LogP contribution is 1.92. The Morgan fingerprint density at radius 1 is 1.36 bits per heavy atom. The fourth-order valence-corrected chi connectivity index (χ4v) is 0.862. The molecule has 0 fully saturated rings. The van der Waals surface area contributed by atoms with Crippen LogP contribution in [0, 0.1) is 0 Å². The molecule has 0 N–H and O–H groups in total. The van der Waals surface area contributed by atoms with Gasteiger partial charge in [-0.05, 0) is 11.4 Å². The van der Waals surface area contributed by atoms with Crippen LogP contribution in [0.25, 0.3) is 0 Å². The second-order valence-corrected chi connectivity index (χ2v) is 3.27. The van der Waals surface area contributed by atoms with Gasteiger partial charge in [-0.1, -0.05) is 10.7 Å². The lowest BCUT2D eigenvalue weighted by atomic mass is 10.5. The molecular formula is C7H8N2S2. The second kappa shape index (κ2) is 4.31. The molecule has 1 rings (SSSR count). The van der Waals surface area contributed by atoms with Crippen molar-refractivity contribution in [3.05, 3.63) is 30.6 Å². The maximum atomic E-state index is 4.91. The summed E-state index contributed by atoms with van der Waals surface area (Å²) in [6, 6.07) is 5.76. The third-order valence-corrected chi connectivity index (χ3v) is 2.08. The minimum Gasteiger partial charge on any atom is -0.748 e. The zero-order valence-corrected chi connectivity index (χ0v) is 7.73. The van der Waals surface area contributed by atoms with Crippen LogP contribution in [0.3, 0.4) is 0 Å². The molecule has 0 aliphatic carbocycles. The van der Waals surface area contributed by atoms with E-state index in [1.807, 2.05) is 36.8 Å². The van der Waals surface area contributed by atoms with Crippen molar-refractivity contribution >= 4 is 28.8 Å². The van der Waals surface area contributed by atoms with Gasteiger partial charge in [-0.15, -0.1) is 11.8 Å². The summed E-state index contributed by atoms with van der Waals surface area (Å²) in [4.78, 5) is 0. The third-order valence-electron chi connectivity index (χ3n) is 1.07. The lowest BCUT2D eigenvalue weighted by Crippen LogP contribution is -2.26. The van der Waals surface area contributed by atoms with Crippen molar-refractivity contribution in [3.8, 4) is 0 Å². The SMILES string of the molecule is CS/C([S-])=N/[n+]1ccccc1. The van der Waals surface area contributed by atoms with Crippen LogP contribution in [0.5, 0.6) is 0 Å². The standard InChI is InChI=1S/C7H8N2S2/c1-11-7(10)8-9-5-3-2-4-6-9/h2-6H,1H3. The summed E-state index contributed by atoms with van der Waals surface area (Å²) in [6.45, 7) is 0. The average Bonchev–Trinajstić information content (AvgIpc) is 2.06. The molecule has 0 bridgehead atoms. The van der Waals surface area contributed by atoms with Gasteiger partial charge in [0.05, 0.1) is 0 Å². The Morgan fingerprint density at radius 2 is 2.00 bits per heavy atom. The van der Waals surface area contributed by atoms with Crippen molar-refractivity contribution in [2.75, 3.05) is 6.26 Å². The maximum Gasteiger partial charge on any atom is 0.202 e. The monoisotopic (exact) mass is 184 g/mol. The molecule has 0 aliphatic rings. The Morgan fingerprint density at radius 3 is 2.55 bits per heavy atom. The molecule has 0 saturated heterocycles. The minimum absolute atomic E-state index is 0.640. The van der Waals surface area contributed by atoms with E-state index >= 15 is 0 Å². The Labute approximate surface area is 75.7 Å². The topological polar surface area (TPSA) is 16.2 Å². The number of hydrogen-bond donors (Lipinski definition) is 0. The van der Waals surface area contributed by atoms with Crippen molar-refractivity contribution in [2.24, 2.45) is 5.10 Å². The number of hydrogen-bond acceptors (Lipinski definition) is 3. The first kappa shape index (κ1) is 8.49. The van der Waals surface area contributed by atoms with Gasteiger partial charge in [0.25, 0.3) is 0 Å². The normalized spacial score (nSPS) is 11.5. The third kappa shape index (κ3) is 2.86. The summed E-state index contributed by atoms with van der Waals surface area (Å²) < 4.78 is 2.33. The predicted octanol–water partition coefficient (Wildman–Crippen LogP) is 1.00. The van der Waals surface area contributed by atoms with Gasteiger partial charge in [-0.25, -0.2) is 0 Å². The lowest BCUT2D eigenvalue weighted by molar-refractivity contribution is -0.678. The summed E-state index contributed by atoms with van der Waals surface area (Å²) in [5.41, 5.74) is 0. The summed E-state index contributed by atoms with van der Waals surface area (Å²) in [5.74, 6) is 0. The van der Waals surface area contributed by atoms with E-state index in [2.05, 4.69) is 5.10 Å². The zero-order valence-electron chi connectivity index (χ0n) is 6.10. The van der Waals surface area contributed by atoms with Crippen LogP contribution in [-0.4, -0.2) is 10.6 Å². The van der Waals surface area contributed by atoms with Crippen LogP contribution in [0.1, 0.15) is 0 Å². The molecule has 2 nitrogen and oxygen atoms in total. The van der Waals surface area contributed by atoms with E-state index in [0.29, 0.717) is 4.38 Å². The van der Waals surface area contributed by atoms with Crippen LogP contribution in [-0.2, 0) is 12.6 Å². The van der Waals surface area contributed by atoms with Gasteiger partial charge in [0, 0.05) is 16.5 Å². The molecule has 0 atom stereocenters. The van der Waals surface area contributed by atoms with Crippen molar-refractivity contribution in [1.82, 2.24) is 0 Å². The molecule has 0 spiro atoms. The van der Waals surface area contributed by atoms with Gasteiger partial charge in [0.2, 0.25) is 12.4 Å². The Balaban J connectivity index is 2.79.